The fourth-order valence-corrected chi connectivity index (χ4v) is 3.05. The number of nitrogens with one attached hydrogen (secondary N) is 1. The third kappa shape index (κ3) is 3.28. The van der Waals surface area contributed by atoms with Gasteiger partial charge in [-0.1, -0.05) is 46.3 Å². The Morgan fingerprint density at radius 2 is 1.96 bits per heavy atom. The molecule has 118 valence electrons. The molecule has 23 heavy (non-hydrogen) atoms. The van der Waals surface area contributed by atoms with Gasteiger partial charge in [0.1, 0.15) is 5.82 Å². The lowest BCUT2D eigenvalue weighted by molar-refractivity contribution is 0.356. The van der Waals surface area contributed by atoms with Gasteiger partial charge in [0.2, 0.25) is 0 Å². The SMILES string of the molecule is CNC(=S)N1N=C(c2ccc(Br)cc2)C[C@@H]1c1ccccc1F. The first-order valence-corrected chi connectivity index (χ1v) is 8.39. The van der Waals surface area contributed by atoms with E-state index in [1.807, 2.05) is 30.3 Å². The first kappa shape index (κ1) is 16.1. The largest absolute Gasteiger partial charge is 0.364 e. The summed E-state index contributed by atoms with van der Waals surface area (Å²) in [6.45, 7) is 0. The zero-order valence-corrected chi connectivity index (χ0v) is 14.9. The highest BCUT2D eigenvalue weighted by molar-refractivity contribution is 9.10. The van der Waals surface area contributed by atoms with Crippen LogP contribution in [0, 0.1) is 5.82 Å². The second-order valence-electron chi connectivity index (χ2n) is 5.19. The number of hydrazone groups is 1. The van der Waals surface area contributed by atoms with E-state index in [-0.39, 0.29) is 11.9 Å². The molecule has 0 amide bonds. The molecule has 1 atom stereocenters. The molecule has 0 bridgehead atoms. The normalized spacial score (nSPS) is 17.1. The van der Waals surface area contributed by atoms with Gasteiger partial charge in [0.15, 0.2) is 5.11 Å². The van der Waals surface area contributed by atoms with Crippen LogP contribution in [0.2, 0.25) is 0 Å². The lowest BCUT2D eigenvalue weighted by Crippen LogP contribution is -2.34. The van der Waals surface area contributed by atoms with Crippen molar-refractivity contribution in [3.05, 3.63) is 69.9 Å². The standard InChI is InChI=1S/C17H15BrFN3S/c1-20-17(23)22-16(13-4-2-3-5-14(13)19)10-15(21-22)11-6-8-12(18)9-7-11/h2-9,16H,10H2,1H3,(H,20,23)/t16-/m1/s1. The maximum Gasteiger partial charge on any atom is 0.189 e. The Morgan fingerprint density at radius 1 is 1.26 bits per heavy atom. The summed E-state index contributed by atoms with van der Waals surface area (Å²) in [6.07, 6.45) is 0.602. The highest BCUT2D eigenvalue weighted by atomic mass is 79.9. The monoisotopic (exact) mass is 391 g/mol. The van der Waals surface area contributed by atoms with Crippen LogP contribution >= 0.6 is 28.1 Å². The molecule has 3 nitrogen and oxygen atoms in total. The second-order valence-corrected chi connectivity index (χ2v) is 6.50. The molecule has 0 aromatic heterocycles. The molecule has 6 heteroatoms. The Morgan fingerprint density at radius 3 is 2.61 bits per heavy atom. The summed E-state index contributed by atoms with van der Waals surface area (Å²) in [5, 5.41) is 9.71. The van der Waals surface area contributed by atoms with E-state index in [0.717, 1.165) is 15.7 Å². The van der Waals surface area contributed by atoms with E-state index in [2.05, 4.69) is 26.3 Å². The molecule has 0 fully saturated rings. The van der Waals surface area contributed by atoms with E-state index in [1.165, 1.54) is 6.07 Å². The average molecular weight is 392 g/mol. The summed E-state index contributed by atoms with van der Waals surface area (Å²) >= 11 is 8.76. The van der Waals surface area contributed by atoms with Crippen LogP contribution in [0.25, 0.3) is 0 Å². The lowest BCUT2D eigenvalue weighted by atomic mass is 9.98. The van der Waals surface area contributed by atoms with Crippen molar-refractivity contribution in [1.29, 1.82) is 0 Å². The fraction of sp³-hybridized carbons (Fsp3) is 0.176. The van der Waals surface area contributed by atoms with E-state index in [0.29, 0.717) is 17.1 Å². The molecule has 2 aromatic rings. The zero-order chi connectivity index (χ0) is 16.4. The van der Waals surface area contributed by atoms with E-state index in [4.69, 9.17) is 12.2 Å². The molecular formula is C17H15BrFN3S. The summed E-state index contributed by atoms with van der Waals surface area (Å²) in [5.41, 5.74) is 2.50. The van der Waals surface area contributed by atoms with Crippen molar-refractivity contribution in [3.63, 3.8) is 0 Å². The number of thiocarbonyl (C=S) groups is 1. The topological polar surface area (TPSA) is 27.6 Å². The summed E-state index contributed by atoms with van der Waals surface area (Å²) in [7, 11) is 1.74. The van der Waals surface area contributed by atoms with Crippen LogP contribution in [0.15, 0.2) is 58.1 Å². The molecule has 0 radical (unpaired) electrons. The van der Waals surface area contributed by atoms with Gasteiger partial charge in [-0.25, -0.2) is 9.40 Å². The van der Waals surface area contributed by atoms with E-state index >= 15 is 0 Å². The number of hydrogen-bond donors (Lipinski definition) is 1. The van der Waals surface area contributed by atoms with Crippen LogP contribution in [0.3, 0.4) is 0 Å². The predicted octanol–water partition coefficient (Wildman–Crippen LogP) is 4.24. The lowest BCUT2D eigenvalue weighted by Gasteiger charge is -2.24. The number of rotatable bonds is 2. The Kier molecular flexibility index (Phi) is 4.73. The van der Waals surface area contributed by atoms with Crippen LogP contribution in [-0.4, -0.2) is 22.9 Å². The molecule has 3 rings (SSSR count). The van der Waals surface area contributed by atoms with Crippen molar-refractivity contribution in [1.82, 2.24) is 10.3 Å². The van der Waals surface area contributed by atoms with Crippen molar-refractivity contribution in [2.75, 3.05) is 7.05 Å². The number of nitrogens with zero attached hydrogens (tertiary/aromatic N) is 2. The Labute approximate surface area is 148 Å². The minimum Gasteiger partial charge on any atom is -0.364 e. The average Bonchev–Trinajstić information content (AvgIpc) is 3.00. The van der Waals surface area contributed by atoms with Gasteiger partial charge < -0.3 is 5.32 Å². The maximum atomic E-state index is 14.2. The molecule has 1 N–H and O–H groups in total. The number of benzene rings is 2. The van der Waals surface area contributed by atoms with Crippen molar-refractivity contribution in [2.45, 2.75) is 12.5 Å². The maximum absolute atomic E-state index is 14.2. The van der Waals surface area contributed by atoms with Crippen molar-refractivity contribution in [3.8, 4) is 0 Å². The third-order valence-corrected chi connectivity index (χ3v) is 4.69. The van der Waals surface area contributed by atoms with Crippen molar-refractivity contribution in [2.24, 2.45) is 5.10 Å². The summed E-state index contributed by atoms with van der Waals surface area (Å²) in [6, 6.07) is 14.4. The predicted molar refractivity (Wildman–Crippen MR) is 97.9 cm³/mol. The molecule has 0 unspecified atom stereocenters. The molecule has 2 aromatic carbocycles. The quantitative estimate of drug-likeness (QED) is 0.775. The number of hydrogen-bond acceptors (Lipinski definition) is 2. The zero-order valence-electron chi connectivity index (χ0n) is 12.5. The highest BCUT2D eigenvalue weighted by Crippen LogP contribution is 2.34. The molecule has 1 aliphatic rings. The smallest absolute Gasteiger partial charge is 0.189 e. The van der Waals surface area contributed by atoms with Crippen LogP contribution in [0.1, 0.15) is 23.6 Å². The molecule has 0 saturated carbocycles. The van der Waals surface area contributed by atoms with Crippen LogP contribution in [0.5, 0.6) is 0 Å². The van der Waals surface area contributed by atoms with Crippen LogP contribution in [0.4, 0.5) is 4.39 Å². The first-order chi connectivity index (χ1) is 11.1. The van der Waals surface area contributed by atoms with E-state index in [1.54, 1.807) is 24.2 Å². The molecule has 0 saturated heterocycles. The molecule has 0 spiro atoms. The van der Waals surface area contributed by atoms with Gasteiger partial charge in [0.05, 0.1) is 11.8 Å². The summed E-state index contributed by atoms with van der Waals surface area (Å²) in [4.78, 5) is 0. The summed E-state index contributed by atoms with van der Waals surface area (Å²) in [5.74, 6) is -0.242. The number of halogens is 2. The molecular weight excluding hydrogens is 377 g/mol. The first-order valence-electron chi connectivity index (χ1n) is 7.19. The van der Waals surface area contributed by atoms with Crippen LogP contribution < -0.4 is 5.32 Å². The minimum atomic E-state index is -0.242. The van der Waals surface area contributed by atoms with Gasteiger partial charge in [0.25, 0.3) is 0 Å². The van der Waals surface area contributed by atoms with Gasteiger partial charge in [0, 0.05) is 23.5 Å². The van der Waals surface area contributed by atoms with Gasteiger partial charge >= 0.3 is 0 Å². The minimum absolute atomic E-state index is 0.241. The van der Waals surface area contributed by atoms with Crippen molar-refractivity contribution >= 4 is 39.0 Å². The van der Waals surface area contributed by atoms with Gasteiger partial charge in [-0.15, -0.1) is 0 Å². The fourth-order valence-electron chi connectivity index (χ4n) is 2.62. The van der Waals surface area contributed by atoms with E-state index < -0.39 is 0 Å². The Hall–Kier alpha value is -1.79. The molecule has 0 aliphatic carbocycles. The van der Waals surface area contributed by atoms with E-state index in [9.17, 15) is 4.39 Å². The van der Waals surface area contributed by atoms with Gasteiger partial charge in [-0.3, -0.25) is 0 Å². The third-order valence-electron chi connectivity index (χ3n) is 3.77. The Balaban J connectivity index is 1.97. The second kappa shape index (κ2) is 6.76. The highest BCUT2D eigenvalue weighted by Gasteiger charge is 2.32. The molecule has 1 heterocycles. The van der Waals surface area contributed by atoms with Crippen LogP contribution in [-0.2, 0) is 0 Å². The summed E-state index contributed by atoms with van der Waals surface area (Å²) < 4.78 is 15.2. The molecule has 1 aliphatic heterocycles. The van der Waals surface area contributed by atoms with Crippen molar-refractivity contribution < 1.29 is 4.39 Å². The van der Waals surface area contributed by atoms with Gasteiger partial charge in [-0.05, 0) is 36.0 Å². The van der Waals surface area contributed by atoms with Gasteiger partial charge in [-0.2, -0.15) is 5.10 Å². The Bertz CT molecular complexity index is 761.